The van der Waals surface area contributed by atoms with Gasteiger partial charge in [-0.05, 0) is 68.5 Å². The number of nitrogens with zero attached hydrogens (tertiary/aromatic N) is 2. The first-order chi connectivity index (χ1) is 13.2. The van der Waals surface area contributed by atoms with Crippen molar-refractivity contribution in [1.82, 2.24) is 9.55 Å². The van der Waals surface area contributed by atoms with Gasteiger partial charge < -0.3 is 9.30 Å². The molecule has 3 aromatic rings. The zero-order chi connectivity index (χ0) is 18.6. The molecular formula is C24H30N2O. The third-order valence-corrected chi connectivity index (χ3v) is 5.93. The van der Waals surface area contributed by atoms with Crippen LogP contribution in [0, 0.1) is 13.8 Å². The summed E-state index contributed by atoms with van der Waals surface area (Å²) in [7, 11) is 0. The molecule has 0 atom stereocenters. The zero-order valence-corrected chi connectivity index (χ0v) is 16.6. The second kappa shape index (κ2) is 8.16. The van der Waals surface area contributed by atoms with E-state index in [-0.39, 0.29) is 0 Å². The summed E-state index contributed by atoms with van der Waals surface area (Å²) in [6.07, 6.45) is 7.60. The van der Waals surface area contributed by atoms with Gasteiger partial charge in [0.05, 0.1) is 17.6 Å². The fraction of sp³-hybridized carbons (Fsp3) is 0.458. The molecule has 1 aliphatic carbocycles. The highest BCUT2D eigenvalue weighted by Crippen LogP contribution is 2.34. The van der Waals surface area contributed by atoms with Crippen LogP contribution in [0.2, 0.25) is 0 Å². The van der Waals surface area contributed by atoms with Crippen molar-refractivity contribution in [3.8, 4) is 5.75 Å². The molecule has 3 nitrogen and oxygen atoms in total. The van der Waals surface area contributed by atoms with Crippen molar-refractivity contribution in [3.63, 3.8) is 0 Å². The van der Waals surface area contributed by atoms with Gasteiger partial charge in [0.25, 0.3) is 0 Å². The van der Waals surface area contributed by atoms with Crippen molar-refractivity contribution in [3.05, 3.63) is 59.4 Å². The maximum Gasteiger partial charge on any atom is 0.119 e. The molecule has 1 aliphatic rings. The first-order valence-corrected chi connectivity index (χ1v) is 10.4. The quantitative estimate of drug-likeness (QED) is 0.490. The predicted molar refractivity (Wildman–Crippen MR) is 112 cm³/mol. The maximum atomic E-state index is 6.00. The van der Waals surface area contributed by atoms with Crippen LogP contribution in [0.3, 0.4) is 0 Å². The minimum absolute atomic E-state index is 0.617. The van der Waals surface area contributed by atoms with E-state index in [1.54, 1.807) is 0 Å². The summed E-state index contributed by atoms with van der Waals surface area (Å²) in [5.41, 5.74) is 4.99. The molecule has 1 saturated carbocycles. The van der Waals surface area contributed by atoms with Crippen LogP contribution in [0.25, 0.3) is 11.0 Å². The lowest BCUT2D eigenvalue weighted by Gasteiger charge is -2.22. The Morgan fingerprint density at radius 3 is 2.63 bits per heavy atom. The number of benzene rings is 2. The standard InChI is InChI=1S/C24H30N2O/c1-18-13-14-21(17-19(18)2)27-16-8-15-26-23-12-7-6-11-22(23)25-24(26)20-9-4-3-5-10-20/h6-7,11-14,17,20H,3-5,8-10,15-16H2,1-2H3. The van der Waals surface area contributed by atoms with Crippen LogP contribution in [0.15, 0.2) is 42.5 Å². The van der Waals surface area contributed by atoms with Gasteiger partial charge >= 0.3 is 0 Å². The van der Waals surface area contributed by atoms with Gasteiger partial charge in [-0.1, -0.05) is 37.5 Å². The third kappa shape index (κ3) is 4.02. The summed E-state index contributed by atoms with van der Waals surface area (Å²) in [5, 5.41) is 0. The molecule has 0 radical (unpaired) electrons. The minimum atomic E-state index is 0.617. The highest BCUT2D eigenvalue weighted by Gasteiger charge is 2.22. The van der Waals surface area contributed by atoms with E-state index in [0.717, 1.165) is 30.8 Å². The van der Waals surface area contributed by atoms with Gasteiger partial charge in [0.2, 0.25) is 0 Å². The lowest BCUT2D eigenvalue weighted by atomic mass is 9.88. The van der Waals surface area contributed by atoms with Gasteiger partial charge in [-0.25, -0.2) is 4.98 Å². The number of hydrogen-bond donors (Lipinski definition) is 0. The Morgan fingerprint density at radius 1 is 1.00 bits per heavy atom. The summed E-state index contributed by atoms with van der Waals surface area (Å²) in [6, 6.07) is 14.9. The Bertz CT molecular complexity index is 906. The zero-order valence-electron chi connectivity index (χ0n) is 16.6. The molecule has 142 valence electrons. The second-order valence-electron chi connectivity index (χ2n) is 7.89. The van der Waals surface area contributed by atoms with Crippen LogP contribution in [0.4, 0.5) is 0 Å². The predicted octanol–water partition coefficient (Wildman–Crippen LogP) is 6.17. The Labute approximate surface area is 162 Å². The minimum Gasteiger partial charge on any atom is -0.494 e. The van der Waals surface area contributed by atoms with E-state index in [0.29, 0.717) is 5.92 Å². The Morgan fingerprint density at radius 2 is 1.81 bits per heavy atom. The first kappa shape index (κ1) is 18.1. The summed E-state index contributed by atoms with van der Waals surface area (Å²) in [4.78, 5) is 5.02. The topological polar surface area (TPSA) is 27.1 Å². The van der Waals surface area contributed by atoms with Gasteiger partial charge in [-0.3, -0.25) is 0 Å². The van der Waals surface area contributed by atoms with E-state index in [1.807, 2.05) is 0 Å². The number of aryl methyl sites for hydroxylation is 3. The number of para-hydroxylation sites is 2. The van der Waals surface area contributed by atoms with Crippen LogP contribution in [0.1, 0.15) is 61.4 Å². The second-order valence-corrected chi connectivity index (χ2v) is 7.89. The summed E-state index contributed by atoms with van der Waals surface area (Å²) in [6.45, 7) is 5.97. The van der Waals surface area contributed by atoms with Crippen LogP contribution in [-0.4, -0.2) is 16.2 Å². The Kier molecular flexibility index (Phi) is 5.47. The fourth-order valence-corrected chi connectivity index (χ4v) is 4.22. The van der Waals surface area contributed by atoms with Crippen molar-refractivity contribution in [2.75, 3.05) is 6.61 Å². The van der Waals surface area contributed by atoms with Crippen LogP contribution in [0.5, 0.6) is 5.75 Å². The van der Waals surface area contributed by atoms with Gasteiger partial charge in [0.1, 0.15) is 11.6 Å². The van der Waals surface area contributed by atoms with E-state index in [2.05, 4.69) is 60.9 Å². The molecule has 0 saturated heterocycles. The highest BCUT2D eigenvalue weighted by atomic mass is 16.5. The molecule has 27 heavy (non-hydrogen) atoms. The number of hydrogen-bond acceptors (Lipinski definition) is 2. The van der Waals surface area contributed by atoms with E-state index < -0.39 is 0 Å². The lowest BCUT2D eigenvalue weighted by Crippen LogP contribution is -2.13. The van der Waals surface area contributed by atoms with Gasteiger partial charge in [0.15, 0.2) is 0 Å². The van der Waals surface area contributed by atoms with E-state index in [4.69, 9.17) is 9.72 Å². The largest absolute Gasteiger partial charge is 0.494 e. The molecule has 2 aromatic carbocycles. The molecule has 0 amide bonds. The van der Waals surface area contributed by atoms with E-state index in [1.165, 1.54) is 54.6 Å². The van der Waals surface area contributed by atoms with E-state index >= 15 is 0 Å². The molecule has 1 fully saturated rings. The van der Waals surface area contributed by atoms with Crippen molar-refractivity contribution < 1.29 is 4.74 Å². The molecule has 0 spiro atoms. The van der Waals surface area contributed by atoms with E-state index in [9.17, 15) is 0 Å². The summed E-state index contributed by atoms with van der Waals surface area (Å²) >= 11 is 0. The van der Waals surface area contributed by atoms with Crippen molar-refractivity contribution in [1.29, 1.82) is 0 Å². The molecule has 1 aromatic heterocycles. The van der Waals surface area contributed by atoms with Gasteiger partial charge in [-0.15, -0.1) is 0 Å². The SMILES string of the molecule is Cc1ccc(OCCCn2c(C3CCCCC3)nc3ccccc32)cc1C. The summed E-state index contributed by atoms with van der Waals surface area (Å²) in [5.74, 6) is 2.88. The number of imidazole rings is 1. The lowest BCUT2D eigenvalue weighted by molar-refractivity contribution is 0.300. The smallest absolute Gasteiger partial charge is 0.119 e. The van der Waals surface area contributed by atoms with Crippen LogP contribution >= 0.6 is 0 Å². The molecule has 3 heteroatoms. The van der Waals surface area contributed by atoms with Gasteiger partial charge in [-0.2, -0.15) is 0 Å². The van der Waals surface area contributed by atoms with Crippen molar-refractivity contribution >= 4 is 11.0 Å². The molecule has 0 bridgehead atoms. The number of ether oxygens (including phenoxy) is 1. The molecule has 1 heterocycles. The molecule has 0 N–H and O–H groups in total. The van der Waals surface area contributed by atoms with Crippen molar-refractivity contribution in [2.24, 2.45) is 0 Å². The highest BCUT2D eigenvalue weighted by molar-refractivity contribution is 5.76. The molecule has 0 aliphatic heterocycles. The number of fused-ring (bicyclic) bond motifs is 1. The van der Waals surface area contributed by atoms with Crippen molar-refractivity contribution in [2.45, 2.75) is 64.8 Å². The Hall–Kier alpha value is -2.29. The number of aromatic nitrogens is 2. The first-order valence-electron chi connectivity index (χ1n) is 10.4. The van der Waals surface area contributed by atoms with Gasteiger partial charge in [0, 0.05) is 12.5 Å². The average molecular weight is 363 g/mol. The number of rotatable bonds is 6. The molecular weight excluding hydrogens is 332 g/mol. The normalized spacial score (nSPS) is 15.3. The summed E-state index contributed by atoms with van der Waals surface area (Å²) < 4.78 is 8.46. The monoisotopic (exact) mass is 362 g/mol. The molecule has 4 rings (SSSR count). The third-order valence-electron chi connectivity index (χ3n) is 5.93. The fourth-order valence-electron chi connectivity index (χ4n) is 4.22. The average Bonchev–Trinajstić information content (AvgIpc) is 3.07. The Balaban J connectivity index is 1.46. The molecule has 0 unspecified atom stereocenters. The van der Waals surface area contributed by atoms with Crippen LogP contribution in [-0.2, 0) is 6.54 Å². The van der Waals surface area contributed by atoms with Crippen LogP contribution < -0.4 is 4.74 Å². The maximum absolute atomic E-state index is 6.00.